The Kier molecular flexibility index (Phi) is 5.05. The second-order valence-electron chi connectivity index (χ2n) is 5.05. The van der Waals surface area contributed by atoms with Gasteiger partial charge in [-0.2, -0.15) is 0 Å². The number of hydrogen-bond acceptors (Lipinski definition) is 6. The van der Waals surface area contributed by atoms with Gasteiger partial charge in [-0.05, 0) is 12.1 Å². The maximum absolute atomic E-state index is 9.46. The monoisotopic (exact) mass is 281 g/mol. The maximum Gasteiger partial charge on any atom is 0.143 e. The average Bonchev–Trinajstić information content (AvgIpc) is 2.48. The minimum absolute atomic E-state index is 0.185. The normalized spacial score (nSPS) is 18.1. The van der Waals surface area contributed by atoms with Crippen LogP contribution in [0.15, 0.2) is 18.2 Å². The number of piperazine rings is 1. The zero-order valence-electron chi connectivity index (χ0n) is 11.8. The van der Waals surface area contributed by atoms with Crippen molar-refractivity contribution in [1.82, 2.24) is 4.90 Å². The fraction of sp³-hybridized carbons (Fsp3) is 0.571. The predicted molar refractivity (Wildman–Crippen MR) is 79.2 cm³/mol. The summed E-state index contributed by atoms with van der Waals surface area (Å²) >= 11 is 0. The first-order valence-electron chi connectivity index (χ1n) is 6.83. The molecule has 4 N–H and O–H groups in total. The van der Waals surface area contributed by atoms with Crippen LogP contribution in [-0.2, 0) is 0 Å². The van der Waals surface area contributed by atoms with Crippen molar-refractivity contribution in [1.29, 1.82) is 0 Å². The molecule has 1 aromatic rings. The van der Waals surface area contributed by atoms with E-state index < -0.39 is 6.10 Å². The molecule has 1 aromatic carbocycles. The first kappa shape index (κ1) is 14.9. The van der Waals surface area contributed by atoms with Gasteiger partial charge in [-0.25, -0.2) is 0 Å². The first-order chi connectivity index (χ1) is 9.63. The van der Waals surface area contributed by atoms with Gasteiger partial charge in [0.2, 0.25) is 0 Å². The number of nitrogens with zero attached hydrogens (tertiary/aromatic N) is 2. The van der Waals surface area contributed by atoms with Crippen molar-refractivity contribution in [2.24, 2.45) is 0 Å². The fourth-order valence-electron chi connectivity index (χ4n) is 2.44. The summed E-state index contributed by atoms with van der Waals surface area (Å²) in [6.45, 7) is 3.83. The number of anilines is 2. The molecule has 1 atom stereocenters. The molecular formula is C14H23N3O3. The van der Waals surface area contributed by atoms with Gasteiger partial charge >= 0.3 is 0 Å². The standard InChI is InChI=1S/C14H23N3O3/c1-20-14-8-11(2-3-13(14)15)17-6-4-16(5-7-17)9-12(19)10-18/h2-3,8,12,18-19H,4-7,9-10,15H2,1H3/t12-/m0/s1. The maximum atomic E-state index is 9.46. The van der Waals surface area contributed by atoms with Crippen LogP contribution >= 0.6 is 0 Å². The van der Waals surface area contributed by atoms with Crippen molar-refractivity contribution in [3.05, 3.63) is 18.2 Å². The Morgan fingerprint density at radius 2 is 2.00 bits per heavy atom. The highest BCUT2D eigenvalue weighted by atomic mass is 16.5. The lowest BCUT2D eigenvalue weighted by molar-refractivity contribution is 0.0575. The van der Waals surface area contributed by atoms with Gasteiger partial charge in [0, 0.05) is 44.5 Å². The van der Waals surface area contributed by atoms with Gasteiger partial charge in [0.25, 0.3) is 0 Å². The lowest BCUT2D eigenvalue weighted by atomic mass is 10.2. The molecule has 0 unspecified atom stereocenters. The first-order valence-corrected chi connectivity index (χ1v) is 6.83. The van der Waals surface area contributed by atoms with E-state index in [4.69, 9.17) is 15.6 Å². The number of ether oxygens (including phenoxy) is 1. The summed E-state index contributed by atoms with van der Waals surface area (Å²) in [5.41, 5.74) is 7.55. The third-order valence-electron chi connectivity index (χ3n) is 3.63. The van der Waals surface area contributed by atoms with Crippen LogP contribution in [0.1, 0.15) is 0 Å². The Balaban J connectivity index is 1.93. The minimum atomic E-state index is -0.654. The van der Waals surface area contributed by atoms with Crippen molar-refractivity contribution < 1.29 is 14.9 Å². The number of β-amino-alcohol motifs (C(OH)–C–C–N with tert-alkyl or cyclic N) is 1. The van der Waals surface area contributed by atoms with E-state index in [0.717, 1.165) is 31.9 Å². The van der Waals surface area contributed by atoms with E-state index in [2.05, 4.69) is 9.80 Å². The molecule has 0 amide bonds. The number of nitrogen functional groups attached to an aromatic ring is 1. The van der Waals surface area contributed by atoms with Gasteiger partial charge in [-0.1, -0.05) is 0 Å². The summed E-state index contributed by atoms with van der Waals surface area (Å²) < 4.78 is 5.24. The highest BCUT2D eigenvalue weighted by molar-refractivity contribution is 5.62. The van der Waals surface area contributed by atoms with Gasteiger partial charge in [0.15, 0.2) is 0 Å². The fourth-order valence-corrected chi connectivity index (χ4v) is 2.44. The second-order valence-corrected chi connectivity index (χ2v) is 5.05. The van der Waals surface area contributed by atoms with Crippen LogP contribution in [0.5, 0.6) is 5.75 Å². The molecule has 0 saturated carbocycles. The van der Waals surface area contributed by atoms with Crippen molar-refractivity contribution in [3.8, 4) is 5.75 Å². The zero-order chi connectivity index (χ0) is 14.5. The van der Waals surface area contributed by atoms with Crippen LogP contribution in [0.4, 0.5) is 11.4 Å². The van der Waals surface area contributed by atoms with Crippen molar-refractivity contribution in [2.75, 3.05) is 57.1 Å². The smallest absolute Gasteiger partial charge is 0.143 e. The highest BCUT2D eigenvalue weighted by Crippen LogP contribution is 2.27. The van der Waals surface area contributed by atoms with E-state index in [1.165, 1.54) is 0 Å². The summed E-state index contributed by atoms with van der Waals surface area (Å²) in [5, 5.41) is 18.3. The molecule has 0 bridgehead atoms. The SMILES string of the molecule is COc1cc(N2CCN(C[C@H](O)CO)CC2)ccc1N. The molecule has 1 aliphatic rings. The van der Waals surface area contributed by atoms with E-state index in [1.807, 2.05) is 18.2 Å². The number of nitrogens with two attached hydrogens (primary N) is 1. The van der Waals surface area contributed by atoms with Crippen molar-refractivity contribution >= 4 is 11.4 Å². The highest BCUT2D eigenvalue weighted by Gasteiger charge is 2.19. The molecule has 0 radical (unpaired) electrons. The van der Waals surface area contributed by atoms with Gasteiger partial charge in [0.05, 0.1) is 25.5 Å². The number of benzene rings is 1. The minimum Gasteiger partial charge on any atom is -0.495 e. The van der Waals surface area contributed by atoms with Crippen LogP contribution in [0.3, 0.4) is 0 Å². The lowest BCUT2D eigenvalue weighted by Gasteiger charge is -2.36. The zero-order valence-corrected chi connectivity index (χ0v) is 11.8. The topological polar surface area (TPSA) is 82.2 Å². The molecule has 0 aliphatic carbocycles. The molecule has 112 valence electrons. The third-order valence-corrected chi connectivity index (χ3v) is 3.63. The van der Waals surface area contributed by atoms with E-state index >= 15 is 0 Å². The molecule has 20 heavy (non-hydrogen) atoms. The summed E-state index contributed by atoms with van der Waals surface area (Å²) in [6.07, 6.45) is -0.654. The van der Waals surface area contributed by atoms with Crippen LogP contribution in [0.25, 0.3) is 0 Å². The summed E-state index contributed by atoms with van der Waals surface area (Å²) in [4.78, 5) is 4.43. The predicted octanol–water partition coefficient (Wildman–Crippen LogP) is -0.247. The molecule has 1 heterocycles. The third kappa shape index (κ3) is 3.53. The van der Waals surface area contributed by atoms with Crippen LogP contribution in [0, 0.1) is 0 Å². The number of hydrogen-bond donors (Lipinski definition) is 3. The Hall–Kier alpha value is -1.50. The van der Waals surface area contributed by atoms with Gasteiger partial charge in [-0.15, -0.1) is 0 Å². The van der Waals surface area contributed by atoms with E-state index in [1.54, 1.807) is 7.11 Å². The Labute approximate surface area is 119 Å². The second kappa shape index (κ2) is 6.78. The van der Waals surface area contributed by atoms with Crippen molar-refractivity contribution in [3.63, 3.8) is 0 Å². The quantitative estimate of drug-likeness (QED) is 0.646. The van der Waals surface area contributed by atoms with Crippen LogP contribution < -0.4 is 15.4 Å². The molecule has 1 saturated heterocycles. The van der Waals surface area contributed by atoms with E-state index in [-0.39, 0.29) is 6.61 Å². The van der Waals surface area contributed by atoms with E-state index in [9.17, 15) is 5.11 Å². The van der Waals surface area contributed by atoms with Crippen LogP contribution in [-0.4, -0.2) is 67.7 Å². The Morgan fingerprint density at radius 3 is 2.60 bits per heavy atom. The Bertz CT molecular complexity index is 434. The number of methoxy groups -OCH3 is 1. The van der Waals surface area contributed by atoms with Gasteiger partial charge in [0.1, 0.15) is 5.75 Å². The van der Waals surface area contributed by atoms with Gasteiger partial charge in [-0.3, -0.25) is 4.90 Å². The molecule has 2 rings (SSSR count). The number of aliphatic hydroxyl groups is 2. The molecule has 0 aromatic heterocycles. The molecule has 6 heteroatoms. The van der Waals surface area contributed by atoms with E-state index in [0.29, 0.717) is 18.0 Å². The lowest BCUT2D eigenvalue weighted by Crippen LogP contribution is -2.49. The molecule has 6 nitrogen and oxygen atoms in total. The molecular weight excluding hydrogens is 258 g/mol. The number of rotatable bonds is 5. The summed E-state index contributed by atoms with van der Waals surface area (Å²) in [7, 11) is 1.61. The molecule has 1 fully saturated rings. The van der Waals surface area contributed by atoms with Gasteiger partial charge < -0.3 is 25.6 Å². The molecule has 0 spiro atoms. The largest absolute Gasteiger partial charge is 0.495 e. The summed E-state index contributed by atoms with van der Waals surface area (Å²) in [5.74, 6) is 0.695. The molecule has 1 aliphatic heterocycles. The Morgan fingerprint density at radius 1 is 1.30 bits per heavy atom. The van der Waals surface area contributed by atoms with Crippen LogP contribution in [0.2, 0.25) is 0 Å². The average molecular weight is 281 g/mol. The van der Waals surface area contributed by atoms with Crippen molar-refractivity contribution in [2.45, 2.75) is 6.10 Å². The summed E-state index contributed by atoms with van der Waals surface area (Å²) in [6, 6.07) is 5.81. The number of aliphatic hydroxyl groups excluding tert-OH is 2.